The molecule has 1 atom stereocenters. The lowest BCUT2D eigenvalue weighted by molar-refractivity contribution is 0.328. The second-order valence-electron chi connectivity index (χ2n) is 5.51. The van der Waals surface area contributed by atoms with E-state index in [4.69, 9.17) is 11.6 Å². The standard InChI is InChI=1S/C16H19ClN4/c1-12-6-8-18-16(19-12)20-15-7-9-21(11-15)10-13-2-4-14(17)5-3-13/h2-6,8,15H,7,9-11H2,1H3,(H,18,19,20). The predicted molar refractivity (Wildman–Crippen MR) is 85.5 cm³/mol. The topological polar surface area (TPSA) is 41.1 Å². The van der Waals surface area contributed by atoms with Crippen LogP contribution in [0, 0.1) is 6.92 Å². The molecule has 3 rings (SSSR count). The van der Waals surface area contributed by atoms with Crippen LogP contribution in [0.25, 0.3) is 0 Å². The maximum atomic E-state index is 5.92. The summed E-state index contributed by atoms with van der Waals surface area (Å²) in [4.78, 5) is 11.1. The number of nitrogens with one attached hydrogen (secondary N) is 1. The van der Waals surface area contributed by atoms with E-state index in [1.165, 1.54) is 5.56 Å². The summed E-state index contributed by atoms with van der Waals surface area (Å²) in [6.45, 7) is 5.05. The molecule has 0 bridgehead atoms. The Kier molecular flexibility index (Phi) is 4.36. The number of nitrogens with zero attached hydrogens (tertiary/aromatic N) is 3. The zero-order valence-corrected chi connectivity index (χ0v) is 12.8. The van der Waals surface area contributed by atoms with Crippen LogP contribution < -0.4 is 5.32 Å². The minimum absolute atomic E-state index is 0.416. The largest absolute Gasteiger partial charge is 0.350 e. The Bertz CT molecular complexity index is 599. The molecule has 2 aromatic rings. The first-order valence-corrected chi connectivity index (χ1v) is 7.60. The van der Waals surface area contributed by atoms with Crippen molar-refractivity contribution in [2.24, 2.45) is 0 Å². The summed E-state index contributed by atoms with van der Waals surface area (Å²) in [5.41, 5.74) is 2.29. The first-order valence-electron chi connectivity index (χ1n) is 7.22. The molecule has 21 heavy (non-hydrogen) atoms. The summed E-state index contributed by atoms with van der Waals surface area (Å²) < 4.78 is 0. The van der Waals surface area contributed by atoms with Crippen LogP contribution in [-0.2, 0) is 6.54 Å². The van der Waals surface area contributed by atoms with Crippen LogP contribution in [-0.4, -0.2) is 34.0 Å². The van der Waals surface area contributed by atoms with E-state index in [2.05, 4.69) is 32.3 Å². The summed E-state index contributed by atoms with van der Waals surface area (Å²) in [5.74, 6) is 0.730. The lowest BCUT2D eigenvalue weighted by Gasteiger charge is -2.17. The third-order valence-electron chi connectivity index (χ3n) is 3.72. The zero-order chi connectivity index (χ0) is 14.7. The second-order valence-corrected chi connectivity index (χ2v) is 5.95. The molecular weight excluding hydrogens is 284 g/mol. The van der Waals surface area contributed by atoms with Gasteiger partial charge in [0.2, 0.25) is 5.95 Å². The van der Waals surface area contributed by atoms with Gasteiger partial charge in [0.25, 0.3) is 0 Å². The molecule has 1 aromatic carbocycles. The number of aromatic nitrogens is 2. The molecule has 1 aliphatic rings. The van der Waals surface area contributed by atoms with E-state index < -0.39 is 0 Å². The number of halogens is 1. The Morgan fingerprint density at radius 3 is 2.86 bits per heavy atom. The maximum Gasteiger partial charge on any atom is 0.223 e. The third-order valence-corrected chi connectivity index (χ3v) is 3.97. The predicted octanol–water partition coefficient (Wildman–Crippen LogP) is 3.12. The molecule has 5 heteroatoms. The molecule has 1 saturated heterocycles. The normalized spacial score (nSPS) is 18.9. The van der Waals surface area contributed by atoms with Gasteiger partial charge in [0.15, 0.2) is 0 Å². The molecule has 0 amide bonds. The summed E-state index contributed by atoms with van der Waals surface area (Å²) in [7, 11) is 0. The van der Waals surface area contributed by atoms with E-state index >= 15 is 0 Å². The van der Waals surface area contributed by atoms with Crippen LogP contribution >= 0.6 is 11.6 Å². The quantitative estimate of drug-likeness (QED) is 0.942. The van der Waals surface area contributed by atoms with Crippen molar-refractivity contribution in [3.05, 3.63) is 52.8 Å². The fraction of sp³-hybridized carbons (Fsp3) is 0.375. The Morgan fingerprint density at radius 2 is 2.10 bits per heavy atom. The number of benzene rings is 1. The second kappa shape index (κ2) is 6.41. The first kappa shape index (κ1) is 14.3. The molecule has 1 aliphatic heterocycles. The van der Waals surface area contributed by atoms with Crippen LogP contribution in [0.4, 0.5) is 5.95 Å². The minimum Gasteiger partial charge on any atom is -0.350 e. The van der Waals surface area contributed by atoms with Crippen molar-refractivity contribution in [1.29, 1.82) is 0 Å². The average Bonchev–Trinajstić information content (AvgIpc) is 2.89. The van der Waals surface area contributed by atoms with E-state index in [0.717, 1.165) is 42.7 Å². The summed E-state index contributed by atoms with van der Waals surface area (Å²) in [6, 6.07) is 10.4. The Hall–Kier alpha value is -1.65. The van der Waals surface area contributed by atoms with E-state index in [-0.39, 0.29) is 0 Å². The molecular formula is C16H19ClN4. The van der Waals surface area contributed by atoms with Crippen LogP contribution in [0.2, 0.25) is 5.02 Å². The Labute approximate surface area is 130 Å². The molecule has 2 heterocycles. The minimum atomic E-state index is 0.416. The molecule has 4 nitrogen and oxygen atoms in total. The maximum absolute atomic E-state index is 5.92. The van der Waals surface area contributed by atoms with Gasteiger partial charge in [-0.3, -0.25) is 4.90 Å². The highest BCUT2D eigenvalue weighted by Crippen LogP contribution is 2.17. The van der Waals surface area contributed by atoms with Crippen molar-refractivity contribution < 1.29 is 0 Å². The lowest BCUT2D eigenvalue weighted by Crippen LogP contribution is -2.26. The fourth-order valence-corrected chi connectivity index (χ4v) is 2.77. The van der Waals surface area contributed by atoms with Gasteiger partial charge in [-0.15, -0.1) is 0 Å². The summed E-state index contributed by atoms with van der Waals surface area (Å²) in [6.07, 6.45) is 2.91. The summed E-state index contributed by atoms with van der Waals surface area (Å²) >= 11 is 5.92. The SMILES string of the molecule is Cc1ccnc(NC2CCN(Cc3ccc(Cl)cc3)C2)n1. The average molecular weight is 303 g/mol. The number of rotatable bonds is 4. The molecule has 0 radical (unpaired) electrons. The highest BCUT2D eigenvalue weighted by atomic mass is 35.5. The highest BCUT2D eigenvalue weighted by molar-refractivity contribution is 6.30. The monoisotopic (exact) mass is 302 g/mol. The van der Waals surface area contributed by atoms with Gasteiger partial charge in [-0.1, -0.05) is 23.7 Å². The van der Waals surface area contributed by atoms with E-state index in [1.807, 2.05) is 25.1 Å². The Balaban J connectivity index is 1.54. The van der Waals surface area contributed by atoms with Crippen LogP contribution in [0.15, 0.2) is 36.5 Å². The van der Waals surface area contributed by atoms with Crippen LogP contribution in [0.5, 0.6) is 0 Å². The van der Waals surface area contributed by atoms with Crippen molar-refractivity contribution in [1.82, 2.24) is 14.9 Å². The molecule has 1 fully saturated rings. The first-order chi connectivity index (χ1) is 10.2. The molecule has 1 N–H and O–H groups in total. The van der Waals surface area contributed by atoms with E-state index in [1.54, 1.807) is 6.20 Å². The summed E-state index contributed by atoms with van der Waals surface area (Å²) in [5, 5.41) is 4.21. The van der Waals surface area contributed by atoms with Crippen molar-refractivity contribution in [2.75, 3.05) is 18.4 Å². The van der Waals surface area contributed by atoms with E-state index in [9.17, 15) is 0 Å². The van der Waals surface area contributed by atoms with Gasteiger partial charge in [-0.05, 0) is 37.1 Å². The van der Waals surface area contributed by atoms with Crippen LogP contribution in [0.3, 0.4) is 0 Å². The van der Waals surface area contributed by atoms with E-state index in [0.29, 0.717) is 6.04 Å². The lowest BCUT2D eigenvalue weighted by atomic mass is 10.2. The molecule has 110 valence electrons. The molecule has 1 unspecified atom stereocenters. The molecule has 1 aromatic heterocycles. The van der Waals surface area contributed by atoms with Gasteiger partial charge in [0, 0.05) is 42.6 Å². The van der Waals surface area contributed by atoms with Gasteiger partial charge in [-0.25, -0.2) is 9.97 Å². The van der Waals surface area contributed by atoms with Crippen molar-refractivity contribution in [3.8, 4) is 0 Å². The van der Waals surface area contributed by atoms with Gasteiger partial charge < -0.3 is 5.32 Å². The number of hydrogen-bond donors (Lipinski definition) is 1. The number of likely N-dealkylation sites (tertiary alicyclic amines) is 1. The van der Waals surface area contributed by atoms with Gasteiger partial charge in [0.1, 0.15) is 0 Å². The van der Waals surface area contributed by atoms with Crippen molar-refractivity contribution in [2.45, 2.75) is 25.9 Å². The Morgan fingerprint density at radius 1 is 1.29 bits per heavy atom. The zero-order valence-electron chi connectivity index (χ0n) is 12.1. The van der Waals surface area contributed by atoms with Gasteiger partial charge >= 0.3 is 0 Å². The highest BCUT2D eigenvalue weighted by Gasteiger charge is 2.22. The number of hydrogen-bond acceptors (Lipinski definition) is 4. The van der Waals surface area contributed by atoms with Crippen molar-refractivity contribution in [3.63, 3.8) is 0 Å². The molecule has 0 saturated carbocycles. The van der Waals surface area contributed by atoms with Gasteiger partial charge in [-0.2, -0.15) is 0 Å². The number of anilines is 1. The van der Waals surface area contributed by atoms with Crippen molar-refractivity contribution >= 4 is 17.5 Å². The number of aryl methyl sites for hydroxylation is 1. The van der Waals surface area contributed by atoms with Gasteiger partial charge in [0.05, 0.1) is 0 Å². The fourth-order valence-electron chi connectivity index (χ4n) is 2.64. The van der Waals surface area contributed by atoms with Crippen LogP contribution in [0.1, 0.15) is 17.7 Å². The third kappa shape index (κ3) is 3.93. The molecule has 0 spiro atoms. The smallest absolute Gasteiger partial charge is 0.223 e. The molecule has 0 aliphatic carbocycles.